The summed E-state index contributed by atoms with van der Waals surface area (Å²) in [4.78, 5) is 14.0. The predicted octanol–water partition coefficient (Wildman–Crippen LogP) is 2.38. The van der Waals surface area contributed by atoms with Gasteiger partial charge in [0.05, 0.1) is 4.92 Å². The van der Waals surface area contributed by atoms with Crippen LogP contribution in [0.4, 0.5) is 11.5 Å². The van der Waals surface area contributed by atoms with Crippen LogP contribution in [-0.4, -0.2) is 15.9 Å². The van der Waals surface area contributed by atoms with Crippen molar-refractivity contribution in [3.05, 3.63) is 40.1 Å². The van der Waals surface area contributed by atoms with Gasteiger partial charge in [-0.1, -0.05) is 12.2 Å². The van der Waals surface area contributed by atoms with Crippen molar-refractivity contribution in [3.8, 4) is 6.07 Å². The molecule has 1 N–H and O–H groups in total. The van der Waals surface area contributed by atoms with E-state index < -0.39 is 4.92 Å². The normalized spacial score (nSPS) is 18.1. The van der Waals surface area contributed by atoms with Crippen LogP contribution in [0, 0.1) is 21.4 Å². The van der Waals surface area contributed by atoms with Crippen molar-refractivity contribution in [2.75, 3.05) is 5.32 Å². The van der Waals surface area contributed by atoms with Gasteiger partial charge in [0.15, 0.2) is 0 Å². The molecule has 6 nitrogen and oxygen atoms in total. The Morgan fingerprint density at radius 2 is 2.33 bits per heavy atom. The standard InChI is InChI=1S/C12H12N4O2/c13-8-10-11(16(17)18)6-7-12(15-10)14-9-4-2-1-3-5-9/h1-2,6-7,9H,3-5H2,(H,14,15). The first-order valence-corrected chi connectivity index (χ1v) is 5.68. The van der Waals surface area contributed by atoms with Gasteiger partial charge >= 0.3 is 5.69 Å². The van der Waals surface area contributed by atoms with E-state index in [1.807, 2.05) is 0 Å². The van der Waals surface area contributed by atoms with Crippen molar-refractivity contribution in [1.29, 1.82) is 5.26 Å². The molecule has 6 heteroatoms. The van der Waals surface area contributed by atoms with Crippen LogP contribution in [0.5, 0.6) is 0 Å². The van der Waals surface area contributed by atoms with Gasteiger partial charge in [-0.05, 0) is 25.3 Å². The predicted molar refractivity (Wildman–Crippen MR) is 66.0 cm³/mol. The van der Waals surface area contributed by atoms with Gasteiger partial charge in [-0.25, -0.2) is 4.98 Å². The second-order valence-corrected chi connectivity index (χ2v) is 4.06. The summed E-state index contributed by atoms with van der Waals surface area (Å²) in [5.74, 6) is 0.512. The molecule has 1 aliphatic rings. The fraction of sp³-hybridized carbons (Fsp3) is 0.333. The zero-order chi connectivity index (χ0) is 13.0. The van der Waals surface area contributed by atoms with Crippen molar-refractivity contribution >= 4 is 11.5 Å². The summed E-state index contributed by atoms with van der Waals surface area (Å²) in [6.45, 7) is 0. The first kappa shape index (κ1) is 12.0. The summed E-state index contributed by atoms with van der Waals surface area (Å²) in [5, 5.41) is 22.7. The van der Waals surface area contributed by atoms with Crippen molar-refractivity contribution in [3.63, 3.8) is 0 Å². The average Bonchev–Trinajstić information content (AvgIpc) is 2.39. The van der Waals surface area contributed by atoms with Gasteiger partial charge in [-0.2, -0.15) is 5.26 Å². The Balaban J connectivity index is 2.17. The lowest BCUT2D eigenvalue weighted by atomic mass is 10.0. The van der Waals surface area contributed by atoms with Gasteiger partial charge in [0.2, 0.25) is 5.69 Å². The number of nitriles is 1. The second kappa shape index (κ2) is 5.27. The quantitative estimate of drug-likeness (QED) is 0.500. The summed E-state index contributed by atoms with van der Waals surface area (Å²) in [7, 11) is 0. The largest absolute Gasteiger partial charge is 0.367 e. The van der Waals surface area contributed by atoms with E-state index in [0.717, 1.165) is 19.3 Å². The minimum atomic E-state index is -0.599. The maximum Gasteiger partial charge on any atom is 0.305 e. The molecule has 1 aromatic heterocycles. The van der Waals surface area contributed by atoms with Crippen LogP contribution in [-0.2, 0) is 0 Å². The van der Waals surface area contributed by atoms with Gasteiger partial charge in [0, 0.05) is 12.1 Å². The summed E-state index contributed by atoms with van der Waals surface area (Å²) in [6.07, 6.45) is 7.13. The summed E-state index contributed by atoms with van der Waals surface area (Å²) >= 11 is 0. The Morgan fingerprint density at radius 3 is 2.94 bits per heavy atom. The van der Waals surface area contributed by atoms with E-state index in [1.54, 1.807) is 6.07 Å². The van der Waals surface area contributed by atoms with Crippen molar-refractivity contribution in [1.82, 2.24) is 4.98 Å². The fourth-order valence-electron chi connectivity index (χ4n) is 1.90. The van der Waals surface area contributed by atoms with Gasteiger partial charge < -0.3 is 5.32 Å². The molecule has 18 heavy (non-hydrogen) atoms. The molecule has 1 unspecified atom stereocenters. The molecule has 0 aromatic carbocycles. The SMILES string of the molecule is N#Cc1nc(NC2CC=CCC2)ccc1[N+](=O)[O-]. The molecule has 0 saturated carbocycles. The molecule has 2 rings (SSSR count). The van der Waals surface area contributed by atoms with Crippen molar-refractivity contribution in [2.45, 2.75) is 25.3 Å². The number of hydrogen-bond acceptors (Lipinski definition) is 5. The molecule has 92 valence electrons. The smallest absolute Gasteiger partial charge is 0.305 e. The van der Waals surface area contributed by atoms with Crippen LogP contribution in [0.25, 0.3) is 0 Å². The number of aromatic nitrogens is 1. The van der Waals surface area contributed by atoms with E-state index in [-0.39, 0.29) is 17.4 Å². The highest BCUT2D eigenvalue weighted by Crippen LogP contribution is 2.20. The number of nitrogens with zero attached hydrogens (tertiary/aromatic N) is 3. The fourth-order valence-corrected chi connectivity index (χ4v) is 1.90. The summed E-state index contributed by atoms with van der Waals surface area (Å²) in [6, 6.07) is 4.87. The highest BCUT2D eigenvalue weighted by Gasteiger charge is 2.17. The van der Waals surface area contributed by atoms with Crippen molar-refractivity contribution in [2.24, 2.45) is 0 Å². The van der Waals surface area contributed by atoms with Crippen LogP contribution in [0.1, 0.15) is 25.0 Å². The number of anilines is 1. The van der Waals surface area contributed by atoms with Crippen LogP contribution in [0.3, 0.4) is 0 Å². The first-order valence-electron chi connectivity index (χ1n) is 5.68. The van der Waals surface area contributed by atoms with Gasteiger partial charge in [-0.3, -0.25) is 10.1 Å². The van der Waals surface area contributed by atoms with Crippen molar-refractivity contribution < 1.29 is 4.92 Å². The Hall–Kier alpha value is -2.42. The average molecular weight is 244 g/mol. The second-order valence-electron chi connectivity index (χ2n) is 4.06. The molecule has 0 fully saturated rings. The van der Waals surface area contributed by atoms with Crippen LogP contribution in [0.15, 0.2) is 24.3 Å². The molecule has 0 amide bonds. The third kappa shape index (κ3) is 2.63. The number of allylic oxidation sites excluding steroid dienone is 1. The van der Waals surface area contributed by atoms with E-state index >= 15 is 0 Å². The molecular weight excluding hydrogens is 232 g/mol. The van der Waals surface area contributed by atoms with Gasteiger partial charge in [-0.15, -0.1) is 0 Å². The molecule has 1 aromatic rings. The Bertz CT molecular complexity index is 533. The topological polar surface area (TPSA) is 91.8 Å². The Labute approximate surface area is 104 Å². The Morgan fingerprint density at radius 1 is 1.50 bits per heavy atom. The van der Waals surface area contributed by atoms with Gasteiger partial charge in [0.25, 0.3) is 0 Å². The minimum Gasteiger partial charge on any atom is -0.367 e. The molecule has 0 spiro atoms. The first-order chi connectivity index (χ1) is 8.70. The molecule has 0 bridgehead atoms. The van der Waals surface area contributed by atoms with Crippen LogP contribution < -0.4 is 5.32 Å². The molecule has 1 atom stereocenters. The third-order valence-electron chi connectivity index (χ3n) is 2.80. The lowest BCUT2D eigenvalue weighted by Gasteiger charge is -2.19. The summed E-state index contributed by atoms with van der Waals surface area (Å²) < 4.78 is 0. The lowest BCUT2D eigenvalue weighted by Crippen LogP contribution is -2.21. The van der Waals surface area contributed by atoms with Gasteiger partial charge in [0.1, 0.15) is 11.9 Å². The highest BCUT2D eigenvalue weighted by molar-refractivity contribution is 5.50. The lowest BCUT2D eigenvalue weighted by molar-refractivity contribution is -0.385. The van der Waals surface area contributed by atoms with E-state index in [2.05, 4.69) is 22.5 Å². The molecule has 0 radical (unpaired) electrons. The molecule has 1 heterocycles. The zero-order valence-corrected chi connectivity index (χ0v) is 9.67. The Kier molecular flexibility index (Phi) is 3.53. The van der Waals surface area contributed by atoms with E-state index in [0.29, 0.717) is 5.82 Å². The monoisotopic (exact) mass is 244 g/mol. The molecular formula is C12H12N4O2. The van der Waals surface area contributed by atoms with Crippen LogP contribution in [0.2, 0.25) is 0 Å². The number of hydrogen-bond donors (Lipinski definition) is 1. The molecule has 0 aliphatic heterocycles. The highest BCUT2D eigenvalue weighted by atomic mass is 16.6. The van der Waals surface area contributed by atoms with Crippen LogP contribution >= 0.6 is 0 Å². The van der Waals surface area contributed by atoms with E-state index in [1.165, 1.54) is 12.1 Å². The maximum atomic E-state index is 10.7. The number of nitrogens with one attached hydrogen (secondary N) is 1. The summed E-state index contributed by atoms with van der Waals surface area (Å²) in [5.41, 5.74) is -0.414. The molecule has 0 saturated heterocycles. The zero-order valence-electron chi connectivity index (χ0n) is 9.67. The number of pyridine rings is 1. The number of rotatable bonds is 3. The molecule has 1 aliphatic carbocycles. The number of nitro groups is 1. The van der Waals surface area contributed by atoms with E-state index in [4.69, 9.17) is 5.26 Å². The minimum absolute atomic E-state index is 0.156. The maximum absolute atomic E-state index is 10.7. The third-order valence-corrected chi connectivity index (χ3v) is 2.80. The van der Waals surface area contributed by atoms with E-state index in [9.17, 15) is 10.1 Å².